The molecule has 0 radical (unpaired) electrons. The van der Waals surface area contributed by atoms with E-state index >= 15 is 0 Å². The largest absolute Gasteiger partial charge is 0.385 e. The SMILES string of the molecule is COCCCN1CCc2nn(-c3ccccc3)c(N)c2C1.Cl. The molecule has 0 fully saturated rings. The number of ether oxygens (including phenoxy) is 1. The highest BCUT2D eigenvalue weighted by atomic mass is 35.5. The van der Waals surface area contributed by atoms with Crippen LogP contribution in [-0.2, 0) is 17.7 Å². The van der Waals surface area contributed by atoms with Crippen molar-refractivity contribution in [2.24, 2.45) is 0 Å². The molecule has 0 amide bonds. The first-order valence-corrected chi connectivity index (χ1v) is 7.42. The van der Waals surface area contributed by atoms with Crippen molar-refractivity contribution in [3.05, 3.63) is 41.6 Å². The van der Waals surface area contributed by atoms with Crippen molar-refractivity contribution in [1.29, 1.82) is 0 Å². The summed E-state index contributed by atoms with van der Waals surface area (Å²) in [4.78, 5) is 2.43. The van der Waals surface area contributed by atoms with Gasteiger partial charge in [-0.15, -0.1) is 12.4 Å². The molecule has 2 N–H and O–H groups in total. The Kier molecular flexibility index (Phi) is 5.83. The highest BCUT2D eigenvalue weighted by Crippen LogP contribution is 2.26. The van der Waals surface area contributed by atoms with Gasteiger partial charge in [0.15, 0.2) is 0 Å². The molecule has 1 aliphatic rings. The number of nitrogens with zero attached hydrogens (tertiary/aromatic N) is 3. The molecule has 1 aliphatic heterocycles. The van der Waals surface area contributed by atoms with E-state index in [0.29, 0.717) is 0 Å². The zero-order valence-electron chi connectivity index (χ0n) is 12.9. The van der Waals surface area contributed by atoms with Crippen molar-refractivity contribution in [2.75, 3.05) is 32.5 Å². The molecule has 1 aromatic heterocycles. The molecule has 3 rings (SSSR count). The van der Waals surface area contributed by atoms with Crippen LogP contribution in [0.25, 0.3) is 5.69 Å². The Labute approximate surface area is 137 Å². The summed E-state index contributed by atoms with van der Waals surface area (Å²) < 4.78 is 6.98. The van der Waals surface area contributed by atoms with Crippen LogP contribution in [0.3, 0.4) is 0 Å². The van der Waals surface area contributed by atoms with Gasteiger partial charge in [-0.25, -0.2) is 4.68 Å². The van der Waals surface area contributed by atoms with Crippen LogP contribution in [0, 0.1) is 0 Å². The van der Waals surface area contributed by atoms with Gasteiger partial charge in [0.05, 0.1) is 11.4 Å². The van der Waals surface area contributed by atoms with Crippen LogP contribution in [0.15, 0.2) is 30.3 Å². The van der Waals surface area contributed by atoms with E-state index < -0.39 is 0 Å². The number of nitrogen functional groups attached to an aromatic ring is 1. The lowest BCUT2D eigenvalue weighted by atomic mass is 10.1. The maximum Gasteiger partial charge on any atom is 0.132 e. The van der Waals surface area contributed by atoms with E-state index in [1.54, 1.807) is 7.11 Å². The molecule has 0 saturated heterocycles. The van der Waals surface area contributed by atoms with Gasteiger partial charge >= 0.3 is 0 Å². The number of rotatable bonds is 5. The smallest absolute Gasteiger partial charge is 0.132 e. The Bertz CT molecular complexity index is 600. The summed E-state index contributed by atoms with van der Waals surface area (Å²) in [5.74, 6) is 0.771. The minimum absolute atomic E-state index is 0. The van der Waals surface area contributed by atoms with Crippen LogP contribution in [0.1, 0.15) is 17.7 Å². The van der Waals surface area contributed by atoms with Crippen LogP contribution in [-0.4, -0.2) is 41.5 Å². The van der Waals surface area contributed by atoms with Gasteiger partial charge in [0.25, 0.3) is 0 Å². The Morgan fingerprint density at radius 3 is 2.77 bits per heavy atom. The average Bonchev–Trinajstić information content (AvgIpc) is 2.85. The van der Waals surface area contributed by atoms with Gasteiger partial charge in [0.2, 0.25) is 0 Å². The Morgan fingerprint density at radius 2 is 2.05 bits per heavy atom. The van der Waals surface area contributed by atoms with Crippen molar-refractivity contribution in [2.45, 2.75) is 19.4 Å². The molecule has 2 aromatic rings. The van der Waals surface area contributed by atoms with Crippen LogP contribution < -0.4 is 5.73 Å². The number of anilines is 1. The van der Waals surface area contributed by atoms with Gasteiger partial charge in [-0.1, -0.05) is 18.2 Å². The lowest BCUT2D eigenvalue weighted by molar-refractivity contribution is 0.167. The maximum atomic E-state index is 6.32. The molecule has 0 spiro atoms. The number of hydrogen-bond donors (Lipinski definition) is 1. The fourth-order valence-electron chi connectivity index (χ4n) is 2.84. The molecule has 0 saturated carbocycles. The van der Waals surface area contributed by atoms with Crippen LogP contribution in [0.5, 0.6) is 0 Å². The summed E-state index contributed by atoms with van der Waals surface area (Å²) in [6, 6.07) is 10.1. The van der Waals surface area contributed by atoms with E-state index in [4.69, 9.17) is 15.6 Å². The van der Waals surface area contributed by atoms with Crippen LogP contribution in [0.2, 0.25) is 0 Å². The molecule has 6 heteroatoms. The van der Waals surface area contributed by atoms with E-state index in [-0.39, 0.29) is 12.4 Å². The van der Waals surface area contributed by atoms with Crippen molar-refractivity contribution in [3.8, 4) is 5.69 Å². The van der Waals surface area contributed by atoms with Gasteiger partial charge in [0, 0.05) is 45.3 Å². The van der Waals surface area contributed by atoms with Crippen molar-refractivity contribution in [1.82, 2.24) is 14.7 Å². The predicted octanol–water partition coefficient (Wildman–Crippen LogP) is 2.27. The van der Waals surface area contributed by atoms with Crippen LogP contribution in [0.4, 0.5) is 5.82 Å². The fraction of sp³-hybridized carbons (Fsp3) is 0.438. The zero-order valence-corrected chi connectivity index (χ0v) is 13.7. The highest BCUT2D eigenvalue weighted by Gasteiger charge is 2.23. The third kappa shape index (κ3) is 3.43. The monoisotopic (exact) mass is 322 g/mol. The number of hydrogen-bond acceptors (Lipinski definition) is 4. The lowest BCUT2D eigenvalue weighted by Crippen LogP contribution is -2.31. The minimum atomic E-state index is 0. The second kappa shape index (κ2) is 7.63. The summed E-state index contributed by atoms with van der Waals surface area (Å²) in [5.41, 5.74) is 9.67. The number of para-hydroxylation sites is 1. The summed E-state index contributed by atoms with van der Waals surface area (Å²) in [7, 11) is 1.75. The molecule has 0 aliphatic carbocycles. The van der Waals surface area contributed by atoms with Crippen molar-refractivity contribution in [3.63, 3.8) is 0 Å². The number of methoxy groups -OCH3 is 1. The standard InChI is InChI=1S/C16H22N4O.ClH/c1-21-11-5-9-19-10-8-15-14(12-19)16(17)20(18-15)13-6-3-2-4-7-13;/h2-4,6-7H,5,8-12,17H2,1H3;1H. The maximum absolute atomic E-state index is 6.32. The van der Waals surface area contributed by atoms with Gasteiger partial charge < -0.3 is 10.5 Å². The topological polar surface area (TPSA) is 56.3 Å². The third-order valence-corrected chi connectivity index (χ3v) is 3.98. The summed E-state index contributed by atoms with van der Waals surface area (Å²) in [6.07, 6.45) is 2.02. The number of nitrogens with two attached hydrogens (primary N) is 1. The zero-order chi connectivity index (χ0) is 14.7. The summed E-state index contributed by atoms with van der Waals surface area (Å²) in [5, 5.41) is 4.69. The second-order valence-electron chi connectivity index (χ2n) is 5.43. The molecule has 0 bridgehead atoms. The van der Waals surface area contributed by atoms with E-state index in [1.165, 1.54) is 5.56 Å². The summed E-state index contributed by atoms with van der Waals surface area (Å²) >= 11 is 0. The Balaban J connectivity index is 0.00000176. The first kappa shape index (κ1) is 16.8. The van der Waals surface area contributed by atoms with Crippen molar-refractivity contribution >= 4 is 18.2 Å². The first-order valence-electron chi connectivity index (χ1n) is 7.42. The molecule has 5 nitrogen and oxygen atoms in total. The lowest BCUT2D eigenvalue weighted by Gasteiger charge is -2.26. The third-order valence-electron chi connectivity index (χ3n) is 3.98. The van der Waals surface area contributed by atoms with E-state index in [0.717, 1.165) is 56.3 Å². The number of halogens is 1. The van der Waals surface area contributed by atoms with E-state index in [2.05, 4.69) is 4.90 Å². The van der Waals surface area contributed by atoms with Gasteiger partial charge in [-0.2, -0.15) is 5.10 Å². The molecule has 1 aromatic carbocycles. The van der Waals surface area contributed by atoms with Gasteiger partial charge in [0.1, 0.15) is 5.82 Å². The number of aromatic nitrogens is 2. The van der Waals surface area contributed by atoms with Gasteiger partial charge in [-0.05, 0) is 18.6 Å². The fourth-order valence-corrected chi connectivity index (χ4v) is 2.84. The second-order valence-corrected chi connectivity index (χ2v) is 5.43. The summed E-state index contributed by atoms with van der Waals surface area (Å²) in [6.45, 7) is 3.78. The number of fused-ring (bicyclic) bond motifs is 1. The Morgan fingerprint density at radius 1 is 1.27 bits per heavy atom. The molecule has 22 heavy (non-hydrogen) atoms. The van der Waals surface area contributed by atoms with Crippen molar-refractivity contribution < 1.29 is 4.74 Å². The molecule has 0 atom stereocenters. The van der Waals surface area contributed by atoms with E-state index in [1.807, 2.05) is 35.0 Å². The molecular weight excluding hydrogens is 300 g/mol. The average molecular weight is 323 g/mol. The first-order chi connectivity index (χ1) is 10.3. The minimum Gasteiger partial charge on any atom is -0.385 e. The number of benzene rings is 1. The predicted molar refractivity (Wildman–Crippen MR) is 90.7 cm³/mol. The molecule has 120 valence electrons. The highest BCUT2D eigenvalue weighted by molar-refractivity contribution is 5.85. The van der Waals surface area contributed by atoms with Gasteiger partial charge in [-0.3, -0.25) is 4.90 Å². The molecule has 0 unspecified atom stereocenters. The molecule has 2 heterocycles. The molecular formula is C16H23ClN4O. The quantitative estimate of drug-likeness (QED) is 0.858. The van der Waals surface area contributed by atoms with Crippen LogP contribution >= 0.6 is 12.4 Å². The van der Waals surface area contributed by atoms with E-state index in [9.17, 15) is 0 Å². The normalized spacial score (nSPS) is 14.4. The Hall–Kier alpha value is -1.56.